The summed E-state index contributed by atoms with van der Waals surface area (Å²) in [5.74, 6) is 2.76. The molecule has 1 heterocycles. The lowest BCUT2D eigenvalue weighted by Gasteiger charge is -2.35. The van der Waals surface area contributed by atoms with Crippen LogP contribution in [0.1, 0.15) is 37.3 Å². The highest BCUT2D eigenvalue weighted by molar-refractivity contribution is 14.0. The van der Waals surface area contributed by atoms with Gasteiger partial charge in [-0.25, -0.2) is 0 Å². The van der Waals surface area contributed by atoms with Crippen LogP contribution in [0.4, 0.5) is 0 Å². The zero-order valence-corrected chi connectivity index (χ0v) is 19.5. The molecular formula is C21H35IN4O2. The molecule has 7 heteroatoms. The van der Waals surface area contributed by atoms with Crippen molar-refractivity contribution in [2.75, 3.05) is 53.6 Å². The number of nitrogens with zero attached hydrogens (tertiary/aromatic N) is 2. The van der Waals surface area contributed by atoms with Crippen LogP contribution in [0.5, 0.6) is 5.75 Å². The molecule has 1 aromatic rings. The summed E-state index contributed by atoms with van der Waals surface area (Å²) in [5.41, 5.74) is 1.29. The minimum absolute atomic E-state index is 0. The number of guanidine groups is 1. The van der Waals surface area contributed by atoms with Gasteiger partial charge >= 0.3 is 0 Å². The molecule has 2 N–H and O–H groups in total. The van der Waals surface area contributed by atoms with Gasteiger partial charge in [-0.3, -0.25) is 9.89 Å². The van der Waals surface area contributed by atoms with Crippen LogP contribution >= 0.6 is 24.0 Å². The standard InChI is InChI=1S/C21H34N4O2.HI/c1-22-21(23-11-3-4-17-5-6-17)24-16-20(25-12-14-27-15-13-25)18-7-9-19(26-2)10-8-18;/h7-10,17,20H,3-6,11-16H2,1-2H3,(H2,22,23,24);1H. The van der Waals surface area contributed by atoms with Gasteiger partial charge in [0.05, 0.1) is 26.4 Å². The molecule has 1 saturated carbocycles. The van der Waals surface area contributed by atoms with E-state index in [9.17, 15) is 0 Å². The van der Waals surface area contributed by atoms with Gasteiger partial charge in [0.15, 0.2) is 5.96 Å². The summed E-state index contributed by atoms with van der Waals surface area (Å²) in [5, 5.41) is 6.98. The molecule has 6 nitrogen and oxygen atoms in total. The molecule has 1 aliphatic heterocycles. The minimum Gasteiger partial charge on any atom is -0.497 e. The topological polar surface area (TPSA) is 58.1 Å². The quantitative estimate of drug-likeness (QED) is 0.235. The Labute approximate surface area is 186 Å². The predicted molar refractivity (Wildman–Crippen MR) is 125 cm³/mol. The minimum atomic E-state index is 0. The third-order valence-electron chi connectivity index (χ3n) is 5.45. The van der Waals surface area contributed by atoms with Crippen molar-refractivity contribution < 1.29 is 9.47 Å². The first kappa shape index (κ1) is 23.2. The van der Waals surface area contributed by atoms with Gasteiger partial charge in [0.2, 0.25) is 0 Å². The van der Waals surface area contributed by atoms with Crippen LogP contribution in [0.25, 0.3) is 0 Å². The molecule has 0 aromatic heterocycles. The molecule has 1 unspecified atom stereocenters. The van der Waals surface area contributed by atoms with Gasteiger partial charge in [-0.05, 0) is 36.5 Å². The fourth-order valence-corrected chi connectivity index (χ4v) is 3.59. The smallest absolute Gasteiger partial charge is 0.191 e. The largest absolute Gasteiger partial charge is 0.497 e. The maximum Gasteiger partial charge on any atom is 0.191 e. The van der Waals surface area contributed by atoms with E-state index < -0.39 is 0 Å². The summed E-state index contributed by atoms with van der Waals surface area (Å²) >= 11 is 0. The fraction of sp³-hybridized carbons (Fsp3) is 0.667. The van der Waals surface area contributed by atoms with E-state index in [1.54, 1.807) is 7.11 Å². The Morgan fingerprint density at radius 2 is 1.93 bits per heavy atom. The summed E-state index contributed by atoms with van der Waals surface area (Å²) in [4.78, 5) is 6.87. The Morgan fingerprint density at radius 3 is 2.54 bits per heavy atom. The lowest BCUT2D eigenvalue weighted by Crippen LogP contribution is -2.46. The molecule has 0 spiro atoms. The van der Waals surface area contributed by atoms with Gasteiger partial charge in [-0.1, -0.05) is 25.0 Å². The van der Waals surface area contributed by atoms with Crippen molar-refractivity contribution in [2.45, 2.75) is 31.7 Å². The van der Waals surface area contributed by atoms with E-state index in [0.29, 0.717) is 0 Å². The van der Waals surface area contributed by atoms with E-state index in [0.717, 1.165) is 57.0 Å². The lowest BCUT2D eigenvalue weighted by molar-refractivity contribution is 0.0170. The molecule has 158 valence electrons. The van der Waals surface area contributed by atoms with E-state index in [-0.39, 0.29) is 30.0 Å². The highest BCUT2D eigenvalue weighted by Crippen LogP contribution is 2.33. The highest BCUT2D eigenvalue weighted by Gasteiger charge is 2.23. The zero-order valence-electron chi connectivity index (χ0n) is 17.2. The summed E-state index contributed by atoms with van der Waals surface area (Å²) < 4.78 is 10.8. The number of nitrogens with one attached hydrogen (secondary N) is 2. The molecular weight excluding hydrogens is 467 g/mol. The fourth-order valence-electron chi connectivity index (χ4n) is 3.59. The summed E-state index contributed by atoms with van der Waals surface area (Å²) in [6.07, 6.45) is 5.41. The molecule has 0 radical (unpaired) electrons. The van der Waals surface area contributed by atoms with E-state index >= 15 is 0 Å². The van der Waals surface area contributed by atoms with E-state index in [4.69, 9.17) is 9.47 Å². The second kappa shape index (κ2) is 12.5. The number of methoxy groups -OCH3 is 1. The van der Waals surface area contributed by atoms with Gasteiger partial charge in [-0.15, -0.1) is 24.0 Å². The van der Waals surface area contributed by atoms with Crippen LogP contribution in [-0.4, -0.2) is 64.4 Å². The Kier molecular flexibility index (Phi) is 10.4. The first-order valence-corrected chi connectivity index (χ1v) is 10.2. The number of aliphatic imine (C=N–C) groups is 1. The van der Waals surface area contributed by atoms with Crippen molar-refractivity contribution in [2.24, 2.45) is 10.9 Å². The molecule has 1 aromatic carbocycles. The van der Waals surface area contributed by atoms with E-state index in [2.05, 4.69) is 32.7 Å². The first-order valence-electron chi connectivity index (χ1n) is 10.2. The van der Waals surface area contributed by atoms with Gasteiger partial charge in [0, 0.05) is 33.2 Å². The number of benzene rings is 1. The summed E-state index contributed by atoms with van der Waals surface area (Å²) in [7, 11) is 3.54. The van der Waals surface area contributed by atoms with Gasteiger partial charge < -0.3 is 20.1 Å². The van der Waals surface area contributed by atoms with E-state index in [1.807, 2.05) is 19.2 Å². The maximum absolute atomic E-state index is 5.54. The second-order valence-electron chi connectivity index (χ2n) is 7.40. The molecule has 2 fully saturated rings. The average molecular weight is 502 g/mol. The molecule has 28 heavy (non-hydrogen) atoms. The SMILES string of the molecule is CN=C(NCCCC1CC1)NCC(c1ccc(OC)cc1)N1CCOCC1.I. The Balaban J connectivity index is 0.00000280. The van der Waals surface area contributed by atoms with Crippen molar-refractivity contribution in [1.82, 2.24) is 15.5 Å². The molecule has 0 bridgehead atoms. The van der Waals surface area contributed by atoms with Crippen molar-refractivity contribution in [3.05, 3.63) is 29.8 Å². The Hall–Kier alpha value is -1.06. The number of rotatable bonds is 9. The van der Waals surface area contributed by atoms with Crippen LogP contribution in [-0.2, 0) is 4.74 Å². The van der Waals surface area contributed by atoms with Gasteiger partial charge in [0.25, 0.3) is 0 Å². The van der Waals surface area contributed by atoms with Crippen LogP contribution in [0, 0.1) is 5.92 Å². The summed E-state index contributed by atoms with van der Waals surface area (Å²) in [6, 6.07) is 8.67. The number of halogens is 1. The average Bonchev–Trinajstić information content (AvgIpc) is 3.55. The maximum atomic E-state index is 5.54. The molecule has 1 saturated heterocycles. The van der Waals surface area contributed by atoms with Crippen LogP contribution in [0.15, 0.2) is 29.3 Å². The van der Waals surface area contributed by atoms with Gasteiger partial charge in [-0.2, -0.15) is 0 Å². The van der Waals surface area contributed by atoms with Crippen LogP contribution in [0.3, 0.4) is 0 Å². The number of morpholine rings is 1. The van der Waals surface area contributed by atoms with Gasteiger partial charge in [0.1, 0.15) is 5.75 Å². The first-order chi connectivity index (χ1) is 13.3. The highest BCUT2D eigenvalue weighted by atomic mass is 127. The normalized spacial score (nSPS) is 18.9. The monoisotopic (exact) mass is 502 g/mol. The molecule has 2 aliphatic rings. The molecule has 0 amide bonds. The van der Waals surface area contributed by atoms with Crippen molar-refractivity contribution in [1.29, 1.82) is 0 Å². The second-order valence-corrected chi connectivity index (χ2v) is 7.40. The predicted octanol–water partition coefficient (Wildman–Crippen LogP) is 3.04. The Morgan fingerprint density at radius 1 is 1.21 bits per heavy atom. The zero-order chi connectivity index (χ0) is 18.9. The third-order valence-corrected chi connectivity index (χ3v) is 5.45. The lowest BCUT2D eigenvalue weighted by atomic mass is 10.0. The number of hydrogen-bond donors (Lipinski definition) is 2. The van der Waals surface area contributed by atoms with Crippen LogP contribution in [0.2, 0.25) is 0 Å². The number of ether oxygens (including phenoxy) is 2. The molecule has 3 rings (SSSR count). The van der Waals surface area contributed by atoms with Crippen molar-refractivity contribution >= 4 is 29.9 Å². The van der Waals surface area contributed by atoms with Crippen LogP contribution < -0.4 is 15.4 Å². The third kappa shape index (κ3) is 7.40. The summed E-state index contributed by atoms with van der Waals surface area (Å²) in [6.45, 7) is 5.29. The van der Waals surface area contributed by atoms with Crippen molar-refractivity contribution in [3.63, 3.8) is 0 Å². The van der Waals surface area contributed by atoms with Crippen molar-refractivity contribution in [3.8, 4) is 5.75 Å². The van der Waals surface area contributed by atoms with E-state index in [1.165, 1.54) is 31.2 Å². The number of hydrogen-bond acceptors (Lipinski definition) is 4. The molecule has 1 atom stereocenters. The Bertz CT molecular complexity index is 587. The molecule has 1 aliphatic carbocycles.